The van der Waals surface area contributed by atoms with Crippen molar-refractivity contribution in [3.05, 3.63) is 48.0 Å². The zero-order valence-corrected chi connectivity index (χ0v) is 17.8. The van der Waals surface area contributed by atoms with Crippen LogP contribution in [0, 0.1) is 0 Å². The van der Waals surface area contributed by atoms with Crippen molar-refractivity contribution < 1.29 is 23.0 Å². The Labute approximate surface area is 184 Å². The fourth-order valence-corrected chi connectivity index (χ4v) is 3.18. The number of ether oxygens (including phenoxy) is 3. The van der Waals surface area contributed by atoms with Crippen LogP contribution in [-0.4, -0.2) is 31.8 Å². The highest BCUT2D eigenvalue weighted by molar-refractivity contribution is 14.0. The molecule has 1 fully saturated rings. The maximum Gasteiger partial charge on any atom is 0.387 e. The molecule has 4 rings (SSSR count). The molecule has 1 saturated carbocycles. The molecule has 0 amide bonds. The lowest BCUT2D eigenvalue weighted by Gasteiger charge is -2.10. The van der Waals surface area contributed by atoms with Crippen molar-refractivity contribution in [2.45, 2.75) is 31.4 Å². The third-order valence-electron chi connectivity index (χ3n) is 4.62. The van der Waals surface area contributed by atoms with E-state index in [2.05, 4.69) is 15.0 Å². The van der Waals surface area contributed by atoms with Gasteiger partial charge in [0.05, 0.1) is 19.3 Å². The van der Waals surface area contributed by atoms with E-state index in [1.807, 2.05) is 18.2 Å². The molecule has 1 aliphatic heterocycles. The van der Waals surface area contributed by atoms with E-state index >= 15 is 0 Å². The lowest BCUT2D eigenvalue weighted by atomic mass is 10.1. The van der Waals surface area contributed by atoms with Gasteiger partial charge in [0.25, 0.3) is 0 Å². The van der Waals surface area contributed by atoms with Crippen LogP contribution >= 0.6 is 24.0 Å². The number of nitrogens with two attached hydrogens (primary N) is 1. The van der Waals surface area contributed by atoms with Gasteiger partial charge < -0.3 is 25.3 Å². The summed E-state index contributed by atoms with van der Waals surface area (Å²) in [7, 11) is 0. The Morgan fingerprint density at radius 3 is 2.55 bits per heavy atom. The average molecular weight is 517 g/mol. The average Bonchev–Trinajstić information content (AvgIpc) is 3.44. The predicted octanol–water partition coefficient (Wildman–Crippen LogP) is 4.35. The van der Waals surface area contributed by atoms with Crippen molar-refractivity contribution in [3.8, 4) is 17.2 Å². The molecule has 1 heterocycles. The Bertz CT molecular complexity index is 865. The number of anilines is 1. The largest absolute Gasteiger partial charge is 0.490 e. The first kappa shape index (κ1) is 21.4. The zero-order valence-electron chi connectivity index (χ0n) is 15.5. The molecule has 2 atom stereocenters. The Balaban J connectivity index is 0.00000240. The Morgan fingerprint density at radius 1 is 1.10 bits per heavy atom. The number of benzene rings is 2. The highest BCUT2D eigenvalue weighted by Gasteiger charge is 2.38. The molecule has 1 aliphatic carbocycles. The van der Waals surface area contributed by atoms with E-state index in [4.69, 9.17) is 15.2 Å². The number of alkyl halides is 2. The predicted molar refractivity (Wildman–Crippen MR) is 117 cm³/mol. The van der Waals surface area contributed by atoms with Gasteiger partial charge in [-0.25, -0.2) is 4.99 Å². The normalized spacial score (nSPS) is 20.4. The van der Waals surface area contributed by atoms with Gasteiger partial charge in [0.15, 0.2) is 17.5 Å². The molecule has 0 unspecified atom stereocenters. The van der Waals surface area contributed by atoms with Crippen molar-refractivity contribution in [1.29, 1.82) is 0 Å². The molecule has 0 radical (unpaired) electrons. The number of hydrogen-bond acceptors (Lipinski definition) is 4. The second-order valence-electron chi connectivity index (χ2n) is 6.71. The van der Waals surface area contributed by atoms with Crippen molar-refractivity contribution >= 4 is 35.6 Å². The number of nitrogens with zero attached hydrogens (tertiary/aromatic N) is 1. The number of halogens is 3. The van der Waals surface area contributed by atoms with Gasteiger partial charge in [-0.05, 0) is 36.2 Å². The van der Waals surface area contributed by atoms with E-state index < -0.39 is 6.61 Å². The third kappa shape index (κ3) is 5.62. The SMILES string of the molecule is I.NC(=N[C@@H]1C[C@H]1c1ccc(OC(F)F)cc1)Nc1ccc2c(c1)OCCCO2. The lowest BCUT2D eigenvalue weighted by molar-refractivity contribution is -0.0498. The molecule has 3 N–H and O–H groups in total. The van der Waals surface area contributed by atoms with Crippen LogP contribution in [0.25, 0.3) is 0 Å². The number of rotatable bonds is 5. The summed E-state index contributed by atoms with van der Waals surface area (Å²) >= 11 is 0. The van der Waals surface area contributed by atoms with Gasteiger partial charge in [-0.2, -0.15) is 8.78 Å². The number of hydrogen-bond donors (Lipinski definition) is 2. The van der Waals surface area contributed by atoms with Crippen molar-refractivity contribution in [2.75, 3.05) is 18.5 Å². The van der Waals surface area contributed by atoms with Gasteiger partial charge in [-0.1, -0.05) is 12.1 Å². The molecular formula is C20H22F2IN3O3. The highest BCUT2D eigenvalue weighted by atomic mass is 127. The summed E-state index contributed by atoms with van der Waals surface area (Å²) in [4.78, 5) is 4.50. The monoisotopic (exact) mass is 517 g/mol. The van der Waals surface area contributed by atoms with E-state index in [9.17, 15) is 8.78 Å². The minimum Gasteiger partial charge on any atom is -0.490 e. The van der Waals surface area contributed by atoms with Crippen molar-refractivity contribution in [3.63, 3.8) is 0 Å². The van der Waals surface area contributed by atoms with Gasteiger partial charge >= 0.3 is 6.61 Å². The molecular weight excluding hydrogens is 495 g/mol. The molecule has 2 aliphatic rings. The second kappa shape index (κ2) is 9.47. The van der Waals surface area contributed by atoms with Crippen LogP contribution in [0.4, 0.5) is 14.5 Å². The summed E-state index contributed by atoms with van der Waals surface area (Å²) in [5.41, 5.74) is 7.84. The molecule has 156 valence electrons. The van der Waals surface area contributed by atoms with E-state index in [0.717, 1.165) is 29.8 Å². The van der Waals surface area contributed by atoms with E-state index in [-0.39, 0.29) is 41.7 Å². The molecule has 0 saturated heterocycles. The summed E-state index contributed by atoms with van der Waals surface area (Å²) in [5, 5.41) is 3.08. The summed E-state index contributed by atoms with van der Waals surface area (Å²) in [5.74, 6) is 2.10. The summed E-state index contributed by atoms with van der Waals surface area (Å²) in [6, 6.07) is 12.3. The number of nitrogens with one attached hydrogen (secondary N) is 1. The summed E-state index contributed by atoms with van der Waals surface area (Å²) in [6.45, 7) is -1.56. The van der Waals surface area contributed by atoms with Crippen LogP contribution in [0.1, 0.15) is 24.3 Å². The molecule has 0 aromatic heterocycles. The fraction of sp³-hybridized carbons (Fsp3) is 0.350. The number of fused-ring (bicyclic) bond motifs is 1. The highest BCUT2D eigenvalue weighted by Crippen LogP contribution is 2.44. The summed E-state index contributed by atoms with van der Waals surface area (Å²) in [6.07, 6.45) is 1.71. The maximum absolute atomic E-state index is 12.2. The minimum atomic E-state index is -2.82. The summed E-state index contributed by atoms with van der Waals surface area (Å²) < 4.78 is 40.1. The first-order valence-electron chi connectivity index (χ1n) is 9.13. The maximum atomic E-state index is 12.2. The lowest BCUT2D eigenvalue weighted by Crippen LogP contribution is -2.23. The molecule has 29 heavy (non-hydrogen) atoms. The Morgan fingerprint density at radius 2 is 1.83 bits per heavy atom. The number of guanidine groups is 1. The molecule has 0 spiro atoms. The van der Waals surface area contributed by atoms with E-state index in [0.29, 0.717) is 24.9 Å². The molecule has 2 aromatic rings. The molecule has 9 heteroatoms. The topological polar surface area (TPSA) is 78.1 Å². The van der Waals surface area contributed by atoms with Crippen LogP contribution in [0.15, 0.2) is 47.5 Å². The van der Waals surface area contributed by atoms with Gasteiger partial charge in [0.1, 0.15) is 5.75 Å². The smallest absolute Gasteiger partial charge is 0.387 e. The Kier molecular flexibility index (Phi) is 6.99. The van der Waals surface area contributed by atoms with Crippen LogP contribution in [0.3, 0.4) is 0 Å². The molecule has 2 aromatic carbocycles. The number of aliphatic imine (C=N–C) groups is 1. The van der Waals surface area contributed by atoms with Gasteiger partial charge in [0.2, 0.25) is 0 Å². The van der Waals surface area contributed by atoms with Gasteiger partial charge in [-0.3, -0.25) is 0 Å². The molecule has 6 nitrogen and oxygen atoms in total. The second-order valence-corrected chi connectivity index (χ2v) is 6.71. The molecule has 0 bridgehead atoms. The standard InChI is InChI=1S/C20H21F2N3O3.HI/c21-19(22)28-14-5-2-12(3-6-14)15-11-16(15)25-20(23)24-13-4-7-17-18(10-13)27-9-1-8-26-17;/h2-7,10,15-16,19H,1,8-9,11H2,(H3,23,24,25);1H/t15-,16+;/m0./s1. The quantitative estimate of drug-likeness (QED) is 0.351. The van der Waals surface area contributed by atoms with Gasteiger partial charge in [0, 0.05) is 24.1 Å². The van der Waals surface area contributed by atoms with Crippen LogP contribution < -0.4 is 25.3 Å². The van der Waals surface area contributed by atoms with Crippen molar-refractivity contribution in [1.82, 2.24) is 0 Å². The third-order valence-corrected chi connectivity index (χ3v) is 4.62. The van der Waals surface area contributed by atoms with Gasteiger partial charge in [-0.15, -0.1) is 24.0 Å². The van der Waals surface area contributed by atoms with E-state index in [1.54, 1.807) is 24.3 Å². The van der Waals surface area contributed by atoms with Crippen molar-refractivity contribution in [2.24, 2.45) is 10.7 Å². The minimum absolute atomic E-state index is 0. The van der Waals surface area contributed by atoms with Crippen LogP contribution in [-0.2, 0) is 0 Å². The van der Waals surface area contributed by atoms with Crippen LogP contribution in [0.5, 0.6) is 17.2 Å². The fourth-order valence-electron chi connectivity index (χ4n) is 3.18. The Hall–Kier alpha value is -2.30. The zero-order chi connectivity index (χ0) is 19.5. The van der Waals surface area contributed by atoms with Crippen LogP contribution in [0.2, 0.25) is 0 Å². The first-order valence-corrected chi connectivity index (χ1v) is 9.13. The van der Waals surface area contributed by atoms with E-state index in [1.165, 1.54) is 0 Å². The first-order chi connectivity index (χ1) is 13.6.